The molecule has 0 saturated heterocycles. The van der Waals surface area contributed by atoms with E-state index < -0.39 is 0 Å². The minimum Gasteiger partial charge on any atom is -0.311 e. The van der Waals surface area contributed by atoms with Crippen molar-refractivity contribution in [2.45, 2.75) is 72.0 Å². The Morgan fingerprint density at radius 2 is 0.679 bits per heavy atom. The minimum atomic E-state index is -0.140. The van der Waals surface area contributed by atoms with Crippen LogP contribution in [0.1, 0.15) is 52.7 Å². The lowest BCUT2D eigenvalue weighted by Gasteiger charge is -2.44. The molecule has 0 unspecified atom stereocenters. The van der Waals surface area contributed by atoms with Gasteiger partial charge in [0.2, 0.25) is 13.4 Å². The van der Waals surface area contributed by atoms with Gasteiger partial charge in [-0.1, -0.05) is 325 Å². The van der Waals surface area contributed by atoms with E-state index in [0.717, 1.165) is 84.7 Å². The molecule has 0 atom stereocenters. The van der Waals surface area contributed by atoms with E-state index in [-0.39, 0.29) is 24.3 Å². The highest BCUT2D eigenvalue weighted by Crippen LogP contribution is 2.54. The lowest BCUT2D eigenvalue weighted by Crippen LogP contribution is -2.64. The molecule has 0 bridgehead atoms. The average molecular weight is 1400 g/mol. The predicted molar refractivity (Wildman–Crippen MR) is 455 cm³/mol. The van der Waals surface area contributed by atoms with Gasteiger partial charge in [-0.05, 0) is 180 Å². The van der Waals surface area contributed by atoms with Gasteiger partial charge in [0.25, 0.3) is 0 Å². The van der Waals surface area contributed by atoms with Gasteiger partial charge in [-0.15, -0.1) is 0 Å². The topological polar surface area (TPSA) is 13.0 Å². The summed E-state index contributed by atoms with van der Waals surface area (Å²) in [6.45, 7) is 13.6. The number of anilines is 12. The van der Waals surface area contributed by atoms with Gasteiger partial charge in [0.1, 0.15) is 0 Å². The molecule has 0 saturated carbocycles. The van der Waals surface area contributed by atoms with Crippen LogP contribution in [0.3, 0.4) is 0 Å². The fourth-order valence-corrected chi connectivity index (χ4v) is 19.1. The van der Waals surface area contributed by atoms with Gasteiger partial charge in [0, 0.05) is 93.3 Å². The van der Waals surface area contributed by atoms with Crippen LogP contribution in [0.2, 0.25) is 0 Å². The van der Waals surface area contributed by atoms with E-state index in [2.05, 4.69) is 413 Å². The molecule has 4 aliphatic heterocycles. The van der Waals surface area contributed by atoms with Crippen LogP contribution in [0.15, 0.2) is 371 Å². The summed E-state index contributed by atoms with van der Waals surface area (Å²) in [4.78, 5) is 15.2. The van der Waals surface area contributed by atoms with E-state index in [9.17, 15) is 0 Å². The van der Waals surface area contributed by atoms with Crippen molar-refractivity contribution < 1.29 is 0 Å². The highest BCUT2D eigenvalue weighted by molar-refractivity contribution is 8.00. The molecule has 0 spiro atoms. The van der Waals surface area contributed by atoms with Gasteiger partial charge in [-0.3, -0.25) is 0 Å². The van der Waals surface area contributed by atoms with Gasteiger partial charge in [-0.2, -0.15) is 0 Å². The SMILES string of the molecule is CC(C)(C)c1ccc(-c2cccc(-c3ccc(C(C)(C)C)cc3)c2N2c3cc4c(cc3B3c5ccccc5Sc5cc(N(c6ccc(-c7ccccc7)cc6)c6cccc(-c7ccccc7)c6)cc2c53)B2c3ccccc3N(c3ccccc3)c3cc(N(c5ccccc5)c5ccccc5)cc(c32)S4)cc1. The number of benzene rings is 15. The molecular weight excluding hydrogens is 1320 g/mol. The average Bonchev–Trinajstić information content (AvgIpc) is 0.690. The fraction of sp³-hybridized carbons (Fsp3) is 0.0816. The molecule has 106 heavy (non-hydrogen) atoms. The smallest absolute Gasteiger partial charge is 0.249 e. The largest absolute Gasteiger partial charge is 0.311 e. The third-order valence-corrected chi connectivity index (χ3v) is 24.1. The molecule has 0 N–H and O–H groups in total. The predicted octanol–water partition coefficient (Wildman–Crippen LogP) is 23.4. The molecule has 0 fully saturated rings. The van der Waals surface area contributed by atoms with Crippen molar-refractivity contribution in [1.29, 1.82) is 0 Å². The van der Waals surface area contributed by atoms with Crippen LogP contribution < -0.4 is 52.4 Å². The Morgan fingerprint density at radius 1 is 0.255 bits per heavy atom. The zero-order valence-corrected chi connectivity index (χ0v) is 61.9. The van der Waals surface area contributed by atoms with E-state index >= 15 is 0 Å². The zero-order valence-electron chi connectivity index (χ0n) is 60.2. The van der Waals surface area contributed by atoms with Crippen LogP contribution in [0.5, 0.6) is 0 Å². The first kappa shape index (κ1) is 65.1. The Labute approximate surface area is 632 Å². The summed E-state index contributed by atoms with van der Waals surface area (Å²) in [6, 6.07) is 132. The van der Waals surface area contributed by atoms with Gasteiger partial charge in [0.05, 0.1) is 5.69 Å². The molecule has 0 amide bonds. The molecular formula is C98H76B2N4S2. The number of hydrogen-bond donors (Lipinski definition) is 0. The molecule has 4 aliphatic rings. The first-order valence-corrected chi connectivity index (χ1v) is 38.6. The number of para-hydroxylation sites is 5. The lowest BCUT2D eigenvalue weighted by atomic mass is 9.31. The summed E-state index contributed by atoms with van der Waals surface area (Å²) < 4.78 is 0. The Hall–Kier alpha value is -11.7. The third-order valence-electron chi connectivity index (χ3n) is 21.8. The molecule has 15 aromatic rings. The Morgan fingerprint density at radius 3 is 1.25 bits per heavy atom. The summed E-state index contributed by atoms with van der Waals surface area (Å²) in [5.74, 6) is 0. The van der Waals surface area contributed by atoms with Crippen molar-refractivity contribution in [3.8, 4) is 44.5 Å². The fourth-order valence-electron chi connectivity index (χ4n) is 16.7. The minimum absolute atomic E-state index is 0.0440. The van der Waals surface area contributed by atoms with Crippen molar-refractivity contribution in [2.24, 2.45) is 0 Å². The van der Waals surface area contributed by atoms with E-state index in [4.69, 9.17) is 0 Å². The maximum absolute atomic E-state index is 2.73. The van der Waals surface area contributed by atoms with Gasteiger partial charge >= 0.3 is 0 Å². The molecule has 0 radical (unpaired) electrons. The number of rotatable bonds is 12. The van der Waals surface area contributed by atoms with E-state index in [1.54, 1.807) is 0 Å². The normalized spacial score (nSPS) is 13.0. The number of hydrogen-bond acceptors (Lipinski definition) is 6. The number of fused-ring (bicyclic) bond motifs is 8. The van der Waals surface area contributed by atoms with Crippen LogP contribution in [0.25, 0.3) is 44.5 Å². The molecule has 4 heterocycles. The molecule has 19 rings (SSSR count). The number of nitrogens with zero attached hydrogens (tertiary/aromatic N) is 4. The maximum atomic E-state index is 2.73. The summed E-state index contributed by atoms with van der Waals surface area (Å²) in [5.41, 5.74) is 33.1. The quantitative estimate of drug-likeness (QED) is 0.112. The molecule has 4 nitrogen and oxygen atoms in total. The first-order valence-electron chi connectivity index (χ1n) is 36.9. The van der Waals surface area contributed by atoms with Crippen LogP contribution in [0, 0.1) is 0 Å². The van der Waals surface area contributed by atoms with E-state index in [1.807, 2.05) is 23.5 Å². The summed E-state index contributed by atoms with van der Waals surface area (Å²) in [5, 5.41) is 0. The van der Waals surface area contributed by atoms with Crippen LogP contribution in [-0.4, -0.2) is 13.4 Å². The highest BCUT2D eigenvalue weighted by Gasteiger charge is 2.47. The standard InChI is InChI=1S/C98H76B2N4S2/c1-97(2,3)71-52-46-68(47-53-71)80-40-27-41-81(69-48-54-72(55-49-69)98(4,5)6)96(80)104-87-64-91-85(99-82-42-22-24-44-86(82)103(75-37-20-11-21-38-75)88-59-78(61-93(106-91)94(88)99)101(73-33-16-9-17-34-73)74-35-18-10-19-36-74)63-84(87)100-83-43-23-25-45-90(83)105-92-62-79(60-89(104)95(92)100)102(76-56-50-67(51-57-76)65-28-12-7-13-29-65)77-39-26-32-70(58-77)66-30-14-8-15-31-66/h7-64H,1-6H3. The molecule has 15 aromatic carbocycles. The van der Waals surface area contributed by atoms with Crippen LogP contribution in [0.4, 0.5) is 68.2 Å². The summed E-state index contributed by atoms with van der Waals surface area (Å²) in [7, 11) is 0. The second-order valence-corrected chi connectivity index (χ2v) is 32.6. The van der Waals surface area contributed by atoms with Crippen molar-refractivity contribution in [3.63, 3.8) is 0 Å². The monoisotopic (exact) mass is 1390 g/mol. The zero-order chi connectivity index (χ0) is 71.4. The van der Waals surface area contributed by atoms with Gasteiger partial charge in [0.15, 0.2) is 0 Å². The molecule has 0 aromatic heterocycles. The Balaban J connectivity index is 0.913. The Bertz CT molecular complexity index is 5750. The Kier molecular flexibility index (Phi) is 16.1. The van der Waals surface area contributed by atoms with Gasteiger partial charge < -0.3 is 19.6 Å². The second kappa shape index (κ2) is 26.2. The van der Waals surface area contributed by atoms with E-state index in [1.165, 1.54) is 91.6 Å². The van der Waals surface area contributed by atoms with Crippen molar-refractivity contribution in [1.82, 2.24) is 0 Å². The van der Waals surface area contributed by atoms with Crippen LogP contribution >= 0.6 is 23.5 Å². The molecule has 0 aliphatic carbocycles. The first-order chi connectivity index (χ1) is 51.8. The summed E-state index contributed by atoms with van der Waals surface area (Å²) in [6.07, 6.45) is 0. The maximum Gasteiger partial charge on any atom is 0.249 e. The molecule has 8 heteroatoms. The van der Waals surface area contributed by atoms with Crippen molar-refractivity contribution in [3.05, 3.63) is 363 Å². The highest BCUT2D eigenvalue weighted by atomic mass is 32.2. The van der Waals surface area contributed by atoms with E-state index in [0.29, 0.717) is 0 Å². The van der Waals surface area contributed by atoms with Crippen LogP contribution in [-0.2, 0) is 10.8 Å². The van der Waals surface area contributed by atoms with Crippen molar-refractivity contribution >= 4 is 138 Å². The lowest BCUT2D eigenvalue weighted by molar-refractivity contribution is 0.590. The van der Waals surface area contributed by atoms with Gasteiger partial charge in [-0.25, -0.2) is 0 Å². The molecule has 506 valence electrons. The summed E-state index contributed by atoms with van der Waals surface area (Å²) >= 11 is 3.83. The third kappa shape index (κ3) is 11.4. The van der Waals surface area contributed by atoms with Crippen molar-refractivity contribution in [2.75, 3.05) is 19.6 Å². The second-order valence-electron chi connectivity index (χ2n) is 30.4.